The Morgan fingerprint density at radius 2 is 2.08 bits per heavy atom. The third-order valence-electron chi connectivity index (χ3n) is 4.25. The first kappa shape index (κ1) is 18.2. The van der Waals surface area contributed by atoms with Crippen LogP contribution in [0.2, 0.25) is 0 Å². The van der Waals surface area contributed by atoms with Crippen LogP contribution in [0.15, 0.2) is 35.8 Å². The second-order valence-corrected chi connectivity index (χ2v) is 7.20. The van der Waals surface area contributed by atoms with E-state index in [0.29, 0.717) is 11.5 Å². The fourth-order valence-corrected chi connectivity index (χ4v) is 3.56. The number of ether oxygens (including phenoxy) is 1. The van der Waals surface area contributed by atoms with E-state index in [1.54, 1.807) is 6.20 Å². The van der Waals surface area contributed by atoms with Gasteiger partial charge in [0.25, 0.3) is 5.91 Å². The molecule has 0 aliphatic rings. The van der Waals surface area contributed by atoms with E-state index in [1.807, 2.05) is 49.0 Å². The number of carbonyl (C=O) groups excluding carboxylic acids is 1. The summed E-state index contributed by atoms with van der Waals surface area (Å²) in [6.07, 6.45) is 1.69. The molecule has 136 valence electrons. The summed E-state index contributed by atoms with van der Waals surface area (Å²) in [6, 6.07) is 8.00. The number of aromatic nitrogens is 2. The quantitative estimate of drug-likeness (QED) is 0.684. The number of benzene rings is 1. The topological polar surface area (TPSA) is 56.2 Å². The maximum absolute atomic E-state index is 12.5. The van der Waals surface area contributed by atoms with Crippen LogP contribution >= 0.6 is 11.3 Å². The molecule has 0 bridgehead atoms. The summed E-state index contributed by atoms with van der Waals surface area (Å²) in [7, 11) is 0. The standard InChI is InChI=1S/C20H23N3O2S/c1-5-23-15(4)17(10-21-23)22-20(24)19-9-16(12-26-19)11-25-18-7-6-13(2)8-14(18)3/h6-10,12H,5,11H2,1-4H3,(H,22,24). The molecule has 0 atom stereocenters. The highest BCUT2D eigenvalue weighted by atomic mass is 32.1. The molecule has 1 N–H and O–H groups in total. The molecule has 1 aromatic carbocycles. The van der Waals surface area contributed by atoms with Gasteiger partial charge in [-0.2, -0.15) is 5.10 Å². The SMILES string of the molecule is CCn1ncc(NC(=O)c2cc(COc3ccc(C)cc3C)cs2)c1C. The molecule has 5 nitrogen and oxygen atoms in total. The van der Waals surface area contributed by atoms with Gasteiger partial charge < -0.3 is 10.1 Å². The minimum Gasteiger partial charge on any atom is -0.489 e. The van der Waals surface area contributed by atoms with Crippen LogP contribution in [0.3, 0.4) is 0 Å². The van der Waals surface area contributed by atoms with Crippen LogP contribution in [0.25, 0.3) is 0 Å². The van der Waals surface area contributed by atoms with Crippen LogP contribution in [0.5, 0.6) is 5.75 Å². The Bertz CT molecular complexity index is 927. The number of carbonyl (C=O) groups is 1. The van der Waals surface area contributed by atoms with Gasteiger partial charge in [-0.05, 0) is 50.8 Å². The molecule has 0 saturated carbocycles. The van der Waals surface area contributed by atoms with E-state index in [2.05, 4.69) is 23.4 Å². The fourth-order valence-electron chi connectivity index (χ4n) is 2.76. The van der Waals surface area contributed by atoms with Crippen LogP contribution in [0.1, 0.15) is 39.0 Å². The van der Waals surface area contributed by atoms with Crippen molar-refractivity contribution in [3.05, 3.63) is 63.1 Å². The first-order valence-corrected chi connectivity index (χ1v) is 9.47. The number of nitrogens with zero attached hydrogens (tertiary/aromatic N) is 2. The normalized spacial score (nSPS) is 10.8. The average molecular weight is 369 g/mol. The Kier molecular flexibility index (Phi) is 5.42. The van der Waals surface area contributed by atoms with Crippen LogP contribution in [0, 0.1) is 20.8 Å². The van der Waals surface area contributed by atoms with Crippen molar-refractivity contribution in [2.24, 2.45) is 0 Å². The highest BCUT2D eigenvalue weighted by Gasteiger charge is 2.13. The molecular weight excluding hydrogens is 346 g/mol. The van der Waals surface area contributed by atoms with Crippen LogP contribution in [0.4, 0.5) is 5.69 Å². The number of thiophene rings is 1. The number of hydrogen-bond acceptors (Lipinski definition) is 4. The Hall–Kier alpha value is -2.60. The molecule has 1 amide bonds. The van der Waals surface area contributed by atoms with Crippen molar-refractivity contribution in [2.45, 2.75) is 40.8 Å². The van der Waals surface area contributed by atoms with Crippen molar-refractivity contribution < 1.29 is 9.53 Å². The van der Waals surface area contributed by atoms with Gasteiger partial charge in [0.1, 0.15) is 12.4 Å². The minimum absolute atomic E-state index is 0.119. The van der Waals surface area contributed by atoms with Gasteiger partial charge in [0.15, 0.2) is 0 Å². The second-order valence-electron chi connectivity index (χ2n) is 6.29. The molecule has 2 heterocycles. The monoisotopic (exact) mass is 369 g/mol. The van der Waals surface area contributed by atoms with E-state index in [0.717, 1.165) is 34.8 Å². The first-order chi connectivity index (χ1) is 12.5. The molecule has 0 unspecified atom stereocenters. The summed E-state index contributed by atoms with van der Waals surface area (Å²) in [5.41, 5.74) is 5.02. The van der Waals surface area contributed by atoms with Gasteiger partial charge in [0, 0.05) is 12.1 Å². The number of nitrogens with one attached hydrogen (secondary N) is 1. The molecule has 0 saturated heterocycles. The minimum atomic E-state index is -0.119. The predicted octanol–water partition coefficient (Wildman–Crippen LogP) is 4.72. The maximum atomic E-state index is 12.5. The predicted molar refractivity (Wildman–Crippen MR) is 105 cm³/mol. The summed E-state index contributed by atoms with van der Waals surface area (Å²) in [5.74, 6) is 0.752. The van der Waals surface area contributed by atoms with Crippen molar-refractivity contribution in [1.82, 2.24) is 9.78 Å². The molecule has 6 heteroatoms. The molecule has 2 aromatic heterocycles. The third kappa shape index (κ3) is 3.96. The third-order valence-corrected chi connectivity index (χ3v) is 5.23. The van der Waals surface area contributed by atoms with E-state index in [4.69, 9.17) is 4.74 Å². The first-order valence-electron chi connectivity index (χ1n) is 8.59. The molecule has 0 spiro atoms. The molecule has 3 rings (SSSR count). The van der Waals surface area contributed by atoms with Crippen molar-refractivity contribution in [3.8, 4) is 5.75 Å². The van der Waals surface area contributed by atoms with E-state index in [9.17, 15) is 4.79 Å². The van der Waals surface area contributed by atoms with Crippen LogP contribution in [-0.4, -0.2) is 15.7 Å². The summed E-state index contributed by atoms with van der Waals surface area (Å²) in [4.78, 5) is 13.1. The Labute approximate surface area is 157 Å². The van der Waals surface area contributed by atoms with E-state index >= 15 is 0 Å². The van der Waals surface area contributed by atoms with Crippen molar-refractivity contribution >= 4 is 22.9 Å². The van der Waals surface area contributed by atoms with Gasteiger partial charge in [-0.15, -0.1) is 11.3 Å². The number of rotatable bonds is 6. The second kappa shape index (κ2) is 7.74. The summed E-state index contributed by atoms with van der Waals surface area (Å²) < 4.78 is 7.74. The summed E-state index contributed by atoms with van der Waals surface area (Å²) in [6.45, 7) is 9.29. The van der Waals surface area contributed by atoms with Crippen molar-refractivity contribution in [2.75, 3.05) is 5.32 Å². The van der Waals surface area contributed by atoms with Gasteiger partial charge in [0.2, 0.25) is 0 Å². The summed E-state index contributed by atoms with van der Waals surface area (Å²) in [5, 5.41) is 9.14. The molecule has 0 aliphatic heterocycles. The number of amides is 1. The van der Waals surface area contributed by atoms with E-state index in [-0.39, 0.29) is 5.91 Å². The van der Waals surface area contributed by atoms with E-state index in [1.165, 1.54) is 16.9 Å². The number of aryl methyl sites for hydroxylation is 3. The molecular formula is C20H23N3O2S. The zero-order valence-corrected chi connectivity index (χ0v) is 16.3. The largest absolute Gasteiger partial charge is 0.489 e. The van der Waals surface area contributed by atoms with Crippen LogP contribution in [-0.2, 0) is 13.2 Å². The van der Waals surface area contributed by atoms with Gasteiger partial charge in [-0.3, -0.25) is 9.48 Å². The zero-order chi connectivity index (χ0) is 18.7. The Morgan fingerprint density at radius 1 is 1.27 bits per heavy atom. The highest BCUT2D eigenvalue weighted by molar-refractivity contribution is 7.12. The van der Waals surface area contributed by atoms with Crippen molar-refractivity contribution in [1.29, 1.82) is 0 Å². The lowest BCUT2D eigenvalue weighted by Gasteiger charge is -2.08. The summed E-state index contributed by atoms with van der Waals surface area (Å²) >= 11 is 1.42. The lowest BCUT2D eigenvalue weighted by Crippen LogP contribution is -2.11. The van der Waals surface area contributed by atoms with Gasteiger partial charge in [-0.25, -0.2) is 0 Å². The van der Waals surface area contributed by atoms with Gasteiger partial charge in [0.05, 0.1) is 22.5 Å². The maximum Gasteiger partial charge on any atom is 0.265 e. The molecule has 0 fully saturated rings. The average Bonchev–Trinajstić information content (AvgIpc) is 3.22. The Balaban J connectivity index is 1.63. The molecule has 26 heavy (non-hydrogen) atoms. The highest BCUT2D eigenvalue weighted by Crippen LogP contribution is 2.23. The van der Waals surface area contributed by atoms with Gasteiger partial charge >= 0.3 is 0 Å². The molecule has 0 radical (unpaired) electrons. The van der Waals surface area contributed by atoms with Crippen LogP contribution < -0.4 is 10.1 Å². The fraction of sp³-hybridized carbons (Fsp3) is 0.300. The number of anilines is 1. The smallest absolute Gasteiger partial charge is 0.265 e. The van der Waals surface area contributed by atoms with Gasteiger partial charge in [-0.1, -0.05) is 17.7 Å². The molecule has 0 aliphatic carbocycles. The number of hydrogen-bond donors (Lipinski definition) is 1. The zero-order valence-electron chi connectivity index (χ0n) is 15.5. The Morgan fingerprint density at radius 3 is 2.77 bits per heavy atom. The van der Waals surface area contributed by atoms with E-state index < -0.39 is 0 Å². The lowest BCUT2D eigenvalue weighted by atomic mass is 10.1. The molecule has 3 aromatic rings. The lowest BCUT2D eigenvalue weighted by molar-refractivity contribution is 0.103. The van der Waals surface area contributed by atoms with Crippen molar-refractivity contribution in [3.63, 3.8) is 0 Å².